The number of aryl methyl sites for hydroxylation is 1. The number of hydrogen-bond acceptors (Lipinski definition) is 9. The number of alkyl carbamates (subject to hydrolysis) is 1. The molecule has 0 bridgehead atoms. The van der Waals surface area contributed by atoms with E-state index in [0.717, 1.165) is 53.1 Å². The van der Waals surface area contributed by atoms with Crippen LogP contribution in [0.1, 0.15) is 104 Å². The molecule has 2 aliphatic carbocycles. The van der Waals surface area contributed by atoms with Crippen LogP contribution in [0.15, 0.2) is 35.6 Å². The van der Waals surface area contributed by atoms with E-state index >= 15 is 0 Å². The number of nitrogens with two attached hydrogens (primary N) is 1. The van der Waals surface area contributed by atoms with Gasteiger partial charge in [-0.2, -0.15) is 12.6 Å². The number of methoxy groups -OCH3 is 1. The molecule has 1 aromatic carbocycles. The van der Waals surface area contributed by atoms with E-state index in [-0.39, 0.29) is 24.0 Å². The number of H-pyrrole nitrogens is 1. The summed E-state index contributed by atoms with van der Waals surface area (Å²) in [5.74, 6) is 1.63. The molecule has 0 spiro atoms. The van der Waals surface area contributed by atoms with E-state index in [1.165, 1.54) is 63.0 Å². The molecule has 1 aromatic heterocycles. The molecular formula is C39H64N6O7S. The third kappa shape index (κ3) is 21.3. The number of thiol groups is 1. The van der Waals surface area contributed by atoms with Crippen LogP contribution in [0.2, 0.25) is 0 Å². The van der Waals surface area contributed by atoms with E-state index in [2.05, 4.69) is 65.3 Å². The molecule has 2 aromatic rings. The molecule has 2 atom stereocenters. The van der Waals surface area contributed by atoms with Crippen molar-refractivity contribution in [2.45, 2.75) is 122 Å². The summed E-state index contributed by atoms with van der Waals surface area (Å²) < 4.78 is 9.60. The Morgan fingerprint density at radius 3 is 2.28 bits per heavy atom. The van der Waals surface area contributed by atoms with E-state index in [0.29, 0.717) is 31.7 Å². The van der Waals surface area contributed by atoms with Crippen molar-refractivity contribution in [3.05, 3.63) is 46.9 Å². The number of carbonyl (C=O) groups is 4. The quantitative estimate of drug-likeness (QED) is 0.0703. The largest absolute Gasteiger partial charge is 0.497 e. The minimum Gasteiger partial charge on any atom is -0.497 e. The van der Waals surface area contributed by atoms with Crippen LogP contribution in [-0.2, 0) is 25.5 Å². The zero-order valence-electron chi connectivity index (χ0n) is 32.7. The van der Waals surface area contributed by atoms with Crippen molar-refractivity contribution in [2.75, 3.05) is 27.3 Å². The highest BCUT2D eigenvalue weighted by Gasteiger charge is 2.31. The fourth-order valence-corrected chi connectivity index (χ4v) is 5.01. The third-order valence-corrected chi connectivity index (χ3v) is 8.53. The standard InChI is InChI=1S/C17H22N2O2.C11H17N3O3.C4H9NO2.C4H10.C3H6S/c1-21-13-9-10-14-16(11-13)19-17(20)15(18-14)6-4-2-3-5-12-7-8-12;1-2-4-8(10(12)16)13-11(17)9-5-3-6-14(9)7-15;1-3-7-4(6)5-2;1-4(2)3;4-3-1-2-3/h9-12H,2-8H2,1H3,(H,19,20);2,7-9H,1,3-6H2,(H2,12,16)(H,13,17);3H2,1-2H3,(H,5,6);4H,1-3H3;3-4H,1-2H2. The Labute approximate surface area is 321 Å². The zero-order chi connectivity index (χ0) is 39.8. The third-order valence-electron chi connectivity index (χ3n) is 8.01. The monoisotopic (exact) mass is 760 g/mol. The van der Waals surface area contributed by atoms with Gasteiger partial charge in [-0.3, -0.25) is 19.2 Å². The molecule has 3 aliphatic rings. The number of benzene rings is 1. The van der Waals surface area contributed by atoms with Gasteiger partial charge in [-0.25, -0.2) is 9.78 Å². The van der Waals surface area contributed by atoms with Gasteiger partial charge in [0, 0.05) is 24.9 Å². The maximum Gasteiger partial charge on any atom is 0.406 e. The van der Waals surface area contributed by atoms with Gasteiger partial charge in [-0.1, -0.05) is 59.0 Å². The van der Waals surface area contributed by atoms with Gasteiger partial charge in [0.1, 0.15) is 23.5 Å². The van der Waals surface area contributed by atoms with Crippen molar-refractivity contribution < 1.29 is 28.7 Å². The fraction of sp³-hybridized carbons (Fsp3) is 0.641. The Hall–Kier alpha value is -4.07. The lowest BCUT2D eigenvalue weighted by atomic mass is 10.1. The van der Waals surface area contributed by atoms with E-state index in [1.54, 1.807) is 14.0 Å². The summed E-state index contributed by atoms with van der Waals surface area (Å²) in [6.07, 6.45) is 14.7. The van der Waals surface area contributed by atoms with Crippen LogP contribution >= 0.6 is 12.6 Å². The Morgan fingerprint density at radius 1 is 1.13 bits per heavy atom. The SMILES string of the molecule is C=CCC(NC(=O)C1CCCN1C=O)C(N)=O.CC(C)C.CCOC(=O)NC.COc1ccc2nc(CCCCCC3CC3)c(=O)[nH]c2c1.SC1CC1. The number of nitrogens with one attached hydrogen (secondary N) is 3. The second kappa shape index (κ2) is 26.7. The summed E-state index contributed by atoms with van der Waals surface area (Å²) in [5, 5.41) is 5.62. The Bertz CT molecular complexity index is 1460. The minimum absolute atomic E-state index is 0.0713. The van der Waals surface area contributed by atoms with Crippen LogP contribution in [0, 0.1) is 11.8 Å². The fourth-order valence-electron chi connectivity index (χ4n) is 4.86. The molecule has 14 heteroatoms. The van der Waals surface area contributed by atoms with Crippen LogP contribution < -0.4 is 26.7 Å². The number of ether oxygens (including phenoxy) is 2. The lowest BCUT2D eigenvalue weighted by molar-refractivity contribution is -0.133. The highest BCUT2D eigenvalue weighted by atomic mass is 32.1. The first-order valence-corrected chi connectivity index (χ1v) is 19.3. The van der Waals surface area contributed by atoms with Gasteiger partial charge in [-0.15, -0.1) is 6.58 Å². The van der Waals surface area contributed by atoms with Crippen molar-refractivity contribution >= 4 is 48.0 Å². The number of aromatic amines is 1. The highest BCUT2D eigenvalue weighted by molar-refractivity contribution is 7.81. The topological polar surface area (TPSA) is 186 Å². The highest BCUT2D eigenvalue weighted by Crippen LogP contribution is 2.34. The summed E-state index contributed by atoms with van der Waals surface area (Å²) >= 11 is 4.08. The normalized spacial score (nSPS) is 16.1. The number of hydrogen-bond donors (Lipinski definition) is 5. The molecule has 53 heavy (non-hydrogen) atoms. The molecule has 5 N–H and O–H groups in total. The van der Waals surface area contributed by atoms with Crippen LogP contribution in [-0.4, -0.2) is 83.8 Å². The van der Waals surface area contributed by atoms with Crippen LogP contribution in [0.4, 0.5) is 4.79 Å². The maximum absolute atomic E-state index is 12.1. The molecule has 2 unspecified atom stereocenters. The number of primary amides is 1. The van der Waals surface area contributed by atoms with Crippen molar-refractivity contribution in [3.8, 4) is 5.75 Å². The number of nitrogens with zero attached hydrogens (tertiary/aromatic N) is 2. The van der Waals surface area contributed by atoms with Crippen LogP contribution in [0.3, 0.4) is 0 Å². The van der Waals surface area contributed by atoms with Gasteiger partial charge >= 0.3 is 6.09 Å². The Morgan fingerprint density at radius 2 is 1.79 bits per heavy atom. The average molecular weight is 761 g/mol. The molecule has 2 saturated carbocycles. The number of aromatic nitrogens is 2. The van der Waals surface area contributed by atoms with E-state index in [4.69, 9.17) is 10.5 Å². The molecule has 1 saturated heterocycles. The number of carbonyl (C=O) groups excluding carboxylic acids is 4. The summed E-state index contributed by atoms with van der Waals surface area (Å²) in [4.78, 5) is 64.6. The molecule has 298 valence electrons. The second-order valence-electron chi connectivity index (χ2n) is 13.9. The molecule has 5 rings (SSSR count). The van der Waals surface area contributed by atoms with Gasteiger partial charge in [0.15, 0.2) is 0 Å². The Balaban J connectivity index is 0.000000388. The predicted molar refractivity (Wildman–Crippen MR) is 214 cm³/mol. The Kier molecular flexibility index (Phi) is 23.6. The molecule has 2 heterocycles. The molecule has 0 radical (unpaired) electrons. The summed E-state index contributed by atoms with van der Waals surface area (Å²) in [6.45, 7) is 12.8. The molecule has 3 fully saturated rings. The van der Waals surface area contributed by atoms with Crippen molar-refractivity contribution in [1.82, 2.24) is 25.5 Å². The lowest BCUT2D eigenvalue weighted by Gasteiger charge is -2.21. The van der Waals surface area contributed by atoms with Gasteiger partial charge in [-0.05, 0) is 75.8 Å². The summed E-state index contributed by atoms with van der Waals surface area (Å²) in [7, 11) is 3.14. The molecular weight excluding hydrogens is 697 g/mol. The molecule has 4 amide bonds. The molecule has 13 nitrogen and oxygen atoms in total. The first kappa shape index (κ1) is 47.0. The first-order valence-electron chi connectivity index (χ1n) is 18.8. The number of amides is 4. The number of unbranched alkanes of at least 4 members (excludes halogenated alkanes) is 2. The van der Waals surface area contributed by atoms with E-state index < -0.39 is 18.0 Å². The summed E-state index contributed by atoms with van der Waals surface area (Å²) in [5.41, 5.74) is 7.29. The second-order valence-corrected chi connectivity index (χ2v) is 14.6. The zero-order valence-corrected chi connectivity index (χ0v) is 33.6. The predicted octanol–water partition coefficient (Wildman–Crippen LogP) is 5.70. The minimum atomic E-state index is -0.755. The van der Waals surface area contributed by atoms with Crippen LogP contribution in [0.25, 0.3) is 11.0 Å². The number of rotatable bonds is 14. The van der Waals surface area contributed by atoms with Gasteiger partial charge in [0.2, 0.25) is 18.2 Å². The smallest absolute Gasteiger partial charge is 0.406 e. The number of likely N-dealkylation sites (tertiary alicyclic amines) is 1. The van der Waals surface area contributed by atoms with E-state index in [1.807, 2.05) is 18.2 Å². The molecule has 1 aliphatic heterocycles. The maximum atomic E-state index is 12.1. The summed E-state index contributed by atoms with van der Waals surface area (Å²) in [6, 6.07) is 4.32. The van der Waals surface area contributed by atoms with Crippen LogP contribution in [0.5, 0.6) is 5.75 Å². The van der Waals surface area contributed by atoms with Crippen molar-refractivity contribution in [1.29, 1.82) is 0 Å². The van der Waals surface area contributed by atoms with Gasteiger partial charge in [0.05, 0.1) is 24.8 Å². The van der Waals surface area contributed by atoms with Gasteiger partial charge in [0.25, 0.3) is 5.56 Å². The van der Waals surface area contributed by atoms with Gasteiger partial charge < -0.3 is 35.7 Å². The van der Waals surface area contributed by atoms with E-state index in [9.17, 15) is 24.0 Å². The lowest BCUT2D eigenvalue weighted by Crippen LogP contribution is -2.50. The number of fused-ring (bicyclic) bond motifs is 1. The first-order chi connectivity index (χ1) is 25.3. The average Bonchev–Trinajstić information content (AvgIpc) is 4.06. The van der Waals surface area contributed by atoms with Crippen molar-refractivity contribution in [2.24, 2.45) is 17.6 Å². The van der Waals surface area contributed by atoms with Crippen molar-refractivity contribution in [3.63, 3.8) is 0 Å².